The fourth-order valence-corrected chi connectivity index (χ4v) is 1.46. The highest BCUT2D eigenvalue weighted by Crippen LogP contribution is 2.02. The lowest BCUT2D eigenvalue weighted by Crippen LogP contribution is -2.31. The maximum atomic E-state index is 9.55. The van der Waals surface area contributed by atoms with Gasteiger partial charge in [-0.15, -0.1) is 0 Å². The third-order valence-corrected chi connectivity index (χ3v) is 2.17. The lowest BCUT2D eigenvalue weighted by atomic mass is 10.3. The van der Waals surface area contributed by atoms with Gasteiger partial charge in [-0.2, -0.15) is 0 Å². The quantitative estimate of drug-likeness (QED) is 0.425. The van der Waals surface area contributed by atoms with Crippen LogP contribution >= 0.6 is 0 Å². The molecule has 0 aromatic carbocycles. The van der Waals surface area contributed by atoms with Crippen molar-refractivity contribution in [3.63, 3.8) is 0 Å². The highest BCUT2D eigenvalue weighted by Gasteiger charge is 2.09. The summed E-state index contributed by atoms with van der Waals surface area (Å²) in [6.07, 6.45) is 2.71. The minimum absolute atomic E-state index is 0.325. The number of aromatic nitrogens is 2. The second-order valence-electron chi connectivity index (χ2n) is 3.84. The van der Waals surface area contributed by atoms with E-state index < -0.39 is 6.10 Å². The van der Waals surface area contributed by atoms with Crippen LogP contribution in [0.25, 0.3) is 0 Å². The van der Waals surface area contributed by atoms with Gasteiger partial charge in [0, 0.05) is 20.2 Å². The average Bonchev–Trinajstić information content (AvgIpc) is 2.30. The molecule has 17 heavy (non-hydrogen) atoms. The zero-order valence-electron chi connectivity index (χ0n) is 10.1. The first-order chi connectivity index (χ1) is 8.15. The molecule has 7 nitrogen and oxygen atoms in total. The molecule has 0 bridgehead atoms. The lowest BCUT2D eigenvalue weighted by Gasteiger charge is -2.19. The number of nitrogens with two attached hydrogens (primary N) is 1. The number of methoxy groups -OCH3 is 1. The monoisotopic (exact) mass is 241 g/mol. The van der Waals surface area contributed by atoms with Gasteiger partial charge in [-0.25, -0.2) is 10.8 Å². The Morgan fingerprint density at radius 3 is 2.82 bits per heavy atom. The predicted octanol–water partition coefficient (Wildman–Crippen LogP) is -0.799. The molecule has 1 rings (SSSR count). The van der Waals surface area contributed by atoms with Crippen molar-refractivity contribution >= 4 is 5.82 Å². The molecule has 7 heteroatoms. The Kier molecular flexibility index (Phi) is 5.78. The Hall–Kier alpha value is -1.28. The van der Waals surface area contributed by atoms with Gasteiger partial charge in [0.2, 0.25) is 0 Å². The molecule has 0 saturated heterocycles. The molecule has 1 heterocycles. The molecule has 0 amide bonds. The first-order valence-corrected chi connectivity index (χ1v) is 5.28. The van der Waals surface area contributed by atoms with Crippen LogP contribution < -0.4 is 11.3 Å². The molecule has 0 aliphatic heterocycles. The van der Waals surface area contributed by atoms with Crippen molar-refractivity contribution in [2.75, 3.05) is 32.7 Å². The number of hydrogen-bond acceptors (Lipinski definition) is 7. The maximum absolute atomic E-state index is 9.55. The number of nitrogens with one attached hydrogen (secondary N) is 1. The van der Waals surface area contributed by atoms with E-state index in [-0.39, 0.29) is 0 Å². The predicted molar refractivity (Wildman–Crippen MR) is 64.1 cm³/mol. The van der Waals surface area contributed by atoms with Crippen LogP contribution in [0.1, 0.15) is 5.69 Å². The fourth-order valence-electron chi connectivity index (χ4n) is 1.46. The Morgan fingerprint density at radius 2 is 2.29 bits per heavy atom. The van der Waals surface area contributed by atoms with E-state index in [1.807, 2.05) is 11.9 Å². The molecule has 1 aromatic heterocycles. The summed E-state index contributed by atoms with van der Waals surface area (Å²) in [5, 5.41) is 9.55. The molecule has 0 aliphatic rings. The number of ether oxygens (including phenoxy) is 1. The molecule has 0 fully saturated rings. The number of aliphatic hydroxyl groups excluding tert-OH is 1. The van der Waals surface area contributed by atoms with E-state index in [0.29, 0.717) is 25.5 Å². The molecular weight excluding hydrogens is 222 g/mol. The smallest absolute Gasteiger partial charge is 0.158 e. The second kappa shape index (κ2) is 7.13. The molecule has 1 aromatic rings. The molecule has 0 aliphatic carbocycles. The van der Waals surface area contributed by atoms with Crippen LogP contribution in [-0.2, 0) is 11.3 Å². The molecule has 4 N–H and O–H groups in total. The summed E-state index contributed by atoms with van der Waals surface area (Å²) in [6.45, 7) is 1.46. The second-order valence-corrected chi connectivity index (χ2v) is 3.84. The first-order valence-electron chi connectivity index (χ1n) is 5.28. The van der Waals surface area contributed by atoms with Crippen molar-refractivity contribution in [2.45, 2.75) is 12.6 Å². The van der Waals surface area contributed by atoms with E-state index in [1.165, 1.54) is 0 Å². The van der Waals surface area contributed by atoms with E-state index in [1.54, 1.807) is 19.5 Å². The maximum Gasteiger partial charge on any atom is 0.158 e. The van der Waals surface area contributed by atoms with Gasteiger partial charge < -0.3 is 15.3 Å². The summed E-state index contributed by atoms with van der Waals surface area (Å²) in [7, 11) is 3.46. The number of aliphatic hydroxyl groups is 1. The average molecular weight is 241 g/mol. The minimum atomic E-state index is -0.497. The largest absolute Gasteiger partial charge is 0.389 e. The number of hydrogen-bond donors (Lipinski definition) is 3. The van der Waals surface area contributed by atoms with Gasteiger partial charge in [-0.1, -0.05) is 0 Å². The topological polar surface area (TPSA) is 96.5 Å². The fraction of sp³-hybridized carbons (Fsp3) is 0.600. The Bertz CT molecular complexity index is 319. The summed E-state index contributed by atoms with van der Waals surface area (Å²) in [5.74, 6) is 5.71. The molecule has 0 radical (unpaired) electrons. The molecule has 0 spiro atoms. The van der Waals surface area contributed by atoms with E-state index in [9.17, 15) is 5.11 Å². The Morgan fingerprint density at radius 1 is 1.53 bits per heavy atom. The molecule has 0 saturated carbocycles. The van der Waals surface area contributed by atoms with Crippen molar-refractivity contribution in [2.24, 2.45) is 5.84 Å². The Labute approximate surface area is 101 Å². The molecule has 1 unspecified atom stereocenters. The third kappa shape index (κ3) is 5.05. The number of likely N-dealkylation sites (N-methyl/N-ethyl adjacent to an activating group) is 1. The number of nitrogen functional groups attached to an aromatic ring is 1. The zero-order valence-corrected chi connectivity index (χ0v) is 10.1. The first kappa shape index (κ1) is 13.8. The molecular formula is C10H19N5O2. The van der Waals surface area contributed by atoms with Crippen LogP contribution in [0.4, 0.5) is 5.82 Å². The van der Waals surface area contributed by atoms with E-state index in [2.05, 4.69) is 15.4 Å². The molecule has 96 valence electrons. The van der Waals surface area contributed by atoms with Crippen molar-refractivity contribution < 1.29 is 9.84 Å². The number of nitrogens with zero attached hydrogens (tertiary/aromatic N) is 3. The highest BCUT2D eigenvalue weighted by atomic mass is 16.5. The van der Waals surface area contributed by atoms with Crippen LogP contribution in [0, 0.1) is 0 Å². The minimum Gasteiger partial charge on any atom is -0.389 e. The van der Waals surface area contributed by atoms with Crippen molar-refractivity contribution in [3.8, 4) is 0 Å². The summed E-state index contributed by atoms with van der Waals surface area (Å²) in [5.41, 5.74) is 3.23. The van der Waals surface area contributed by atoms with Crippen LogP contribution in [0.2, 0.25) is 0 Å². The number of hydrazine groups is 1. The highest BCUT2D eigenvalue weighted by molar-refractivity contribution is 5.28. The van der Waals surface area contributed by atoms with Gasteiger partial charge in [0.05, 0.1) is 30.8 Å². The van der Waals surface area contributed by atoms with E-state index >= 15 is 0 Å². The van der Waals surface area contributed by atoms with Crippen molar-refractivity contribution in [1.29, 1.82) is 0 Å². The van der Waals surface area contributed by atoms with Crippen LogP contribution in [0.15, 0.2) is 12.4 Å². The third-order valence-electron chi connectivity index (χ3n) is 2.17. The SMILES string of the molecule is COCC(O)CN(C)Cc1cnc(NN)cn1. The normalized spacial score (nSPS) is 12.8. The number of rotatable bonds is 7. The summed E-state index contributed by atoms with van der Waals surface area (Å²) in [6, 6.07) is 0. The zero-order chi connectivity index (χ0) is 12.7. The van der Waals surface area contributed by atoms with Gasteiger partial charge in [-0.3, -0.25) is 9.88 Å². The van der Waals surface area contributed by atoms with Gasteiger partial charge in [0.1, 0.15) is 0 Å². The van der Waals surface area contributed by atoms with E-state index in [0.717, 1.165) is 5.69 Å². The van der Waals surface area contributed by atoms with Crippen molar-refractivity contribution in [3.05, 3.63) is 18.1 Å². The van der Waals surface area contributed by atoms with E-state index in [4.69, 9.17) is 10.6 Å². The van der Waals surface area contributed by atoms with Crippen molar-refractivity contribution in [1.82, 2.24) is 14.9 Å². The summed E-state index contributed by atoms with van der Waals surface area (Å²) < 4.78 is 4.86. The van der Waals surface area contributed by atoms with Crippen LogP contribution in [0.3, 0.4) is 0 Å². The van der Waals surface area contributed by atoms with Gasteiger partial charge in [0.15, 0.2) is 5.82 Å². The van der Waals surface area contributed by atoms with Gasteiger partial charge in [0.25, 0.3) is 0 Å². The summed E-state index contributed by atoms with van der Waals surface area (Å²) in [4.78, 5) is 10.2. The van der Waals surface area contributed by atoms with Gasteiger partial charge in [-0.05, 0) is 7.05 Å². The Balaban J connectivity index is 2.41. The van der Waals surface area contributed by atoms with Gasteiger partial charge >= 0.3 is 0 Å². The standard InChI is InChI=1S/C10H19N5O2/c1-15(6-9(16)7-17-2)5-8-3-13-10(14-11)4-12-8/h3-4,9,16H,5-7,11H2,1-2H3,(H,13,14). The number of anilines is 1. The molecule has 1 atom stereocenters. The summed E-state index contributed by atoms with van der Waals surface area (Å²) >= 11 is 0. The van der Waals surface area contributed by atoms with Crippen LogP contribution in [-0.4, -0.2) is 53.4 Å². The van der Waals surface area contributed by atoms with Crippen LogP contribution in [0.5, 0.6) is 0 Å². The lowest BCUT2D eigenvalue weighted by molar-refractivity contribution is 0.0416.